The Morgan fingerprint density at radius 3 is 2.12 bits per heavy atom. The highest BCUT2D eigenvalue weighted by Crippen LogP contribution is 2.19. The molecule has 0 rings (SSSR count). The minimum absolute atomic E-state index is 1.20. The van der Waals surface area contributed by atoms with Crippen molar-refractivity contribution in [2.24, 2.45) is 0 Å². The van der Waals surface area contributed by atoms with Crippen molar-refractivity contribution < 1.29 is 19.6 Å². The van der Waals surface area contributed by atoms with E-state index in [0.717, 1.165) is 0 Å². The summed E-state index contributed by atoms with van der Waals surface area (Å²) in [5.41, 5.74) is 0. The van der Waals surface area contributed by atoms with E-state index in [-0.39, 0.29) is 0 Å². The van der Waals surface area contributed by atoms with Crippen LogP contribution in [0.25, 0.3) is 0 Å². The quantitative estimate of drug-likeness (QED) is 0.508. The highest BCUT2D eigenvalue weighted by Gasteiger charge is 2.15. The van der Waals surface area contributed by atoms with Gasteiger partial charge in [0.25, 0.3) is 0 Å². The summed E-state index contributed by atoms with van der Waals surface area (Å²) in [6.07, 6.45) is 0. The molecule has 0 radical (unpaired) electrons. The molecule has 0 fully saturated rings. The Morgan fingerprint density at radius 2 is 2.12 bits per heavy atom. The SMILES string of the molecule is C[PH](=O)C(O)C(=O)O. The van der Waals surface area contributed by atoms with Gasteiger partial charge in [-0.05, 0) is 6.66 Å². The summed E-state index contributed by atoms with van der Waals surface area (Å²) >= 11 is 0. The van der Waals surface area contributed by atoms with E-state index in [1.807, 2.05) is 0 Å². The summed E-state index contributed by atoms with van der Waals surface area (Å²) in [6, 6.07) is 0. The van der Waals surface area contributed by atoms with Gasteiger partial charge in [0.1, 0.15) is 7.80 Å². The van der Waals surface area contributed by atoms with Crippen LogP contribution < -0.4 is 0 Å². The van der Waals surface area contributed by atoms with Gasteiger partial charge in [0.15, 0.2) is 0 Å². The molecule has 2 unspecified atom stereocenters. The Kier molecular flexibility index (Phi) is 2.72. The summed E-state index contributed by atoms with van der Waals surface area (Å²) in [5, 5.41) is 16.3. The molecule has 8 heavy (non-hydrogen) atoms. The van der Waals surface area contributed by atoms with E-state index >= 15 is 0 Å². The molecule has 0 saturated heterocycles. The summed E-state index contributed by atoms with van der Waals surface area (Å²) in [6.45, 7) is 1.20. The van der Waals surface area contributed by atoms with Crippen LogP contribution in [0.3, 0.4) is 0 Å². The van der Waals surface area contributed by atoms with E-state index in [1.165, 1.54) is 6.66 Å². The van der Waals surface area contributed by atoms with Crippen molar-refractivity contribution in [1.82, 2.24) is 0 Å². The highest BCUT2D eigenvalue weighted by molar-refractivity contribution is 7.45. The normalized spacial score (nSPS) is 17.2. The van der Waals surface area contributed by atoms with Gasteiger partial charge in [0.2, 0.25) is 5.85 Å². The Bertz CT molecular complexity index is 106. The van der Waals surface area contributed by atoms with Crippen molar-refractivity contribution in [1.29, 1.82) is 0 Å². The molecule has 0 aliphatic carbocycles. The first-order valence-electron chi connectivity index (χ1n) is 1.97. The molecule has 0 spiro atoms. The maximum atomic E-state index is 10.1. The first-order chi connectivity index (χ1) is 3.55. The molecule has 2 atom stereocenters. The maximum Gasteiger partial charge on any atom is 0.340 e. The topological polar surface area (TPSA) is 74.6 Å². The smallest absolute Gasteiger partial charge is 0.340 e. The third-order valence-electron chi connectivity index (χ3n) is 0.619. The minimum atomic E-state index is -2.31. The molecule has 0 heterocycles. The fraction of sp³-hybridized carbons (Fsp3) is 0.667. The fourth-order valence-electron chi connectivity index (χ4n) is 0.174. The number of carboxylic acids is 1. The van der Waals surface area contributed by atoms with Crippen molar-refractivity contribution in [3.05, 3.63) is 0 Å². The molecular weight excluding hydrogens is 131 g/mol. The van der Waals surface area contributed by atoms with Crippen LogP contribution >= 0.6 is 7.80 Å². The van der Waals surface area contributed by atoms with Gasteiger partial charge in [-0.3, -0.25) is 0 Å². The number of aliphatic hydroxyl groups excluding tert-OH is 1. The van der Waals surface area contributed by atoms with Crippen LogP contribution in [-0.2, 0) is 9.36 Å². The van der Waals surface area contributed by atoms with E-state index in [9.17, 15) is 9.36 Å². The molecule has 0 aromatic heterocycles. The van der Waals surface area contributed by atoms with Gasteiger partial charge in [-0.25, -0.2) is 4.79 Å². The number of aliphatic hydroxyl groups is 1. The van der Waals surface area contributed by atoms with Crippen molar-refractivity contribution >= 4 is 13.8 Å². The monoisotopic (exact) mass is 138 g/mol. The molecule has 0 aromatic rings. The molecule has 0 bridgehead atoms. The maximum absolute atomic E-state index is 10.1. The standard InChI is InChI=1S/C3H7O4P/c1-8(7)3(6)2(4)5/h3,6,8H,1H3,(H,4,5). The molecule has 0 amide bonds. The zero-order chi connectivity index (χ0) is 6.73. The number of carboxylic acid groups (broad SMARTS) is 1. The third kappa shape index (κ3) is 2.09. The van der Waals surface area contributed by atoms with E-state index in [1.54, 1.807) is 0 Å². The van der Waals surface area contributed by atoms with Crippen molar-refractivity contribution in [3.8, 4) is 0 Å². The largest absolute Gasteiger partial charge is 0.479 e. The Morgan fingerprint density at radius 1 is 1.75 bits per heavy atom. The van der Waals surface area contributed by atoms with Gasteiger partial charge in [-0.15, -0.1) is 0 Å². The first kappa shape index (κ1) is 7.66. The number of hydrogen-bond donors (Lipinski definition) is 2. The third-order valence-corrected chi connectivity index (χ3v) is 1.64. The van der Waals surface area contributed by atoms with Crippen molar-refractivity contribution in [3.63, 3.8) is 0 Å². The van der Waals surface area contributed by atoms with E-state index < -0.39 is 19.6 Å². The van der Waals surface area contributed by atoms with Crippen LogP contribution in [-0.4, -0.2) is 28.7 Å². The molecule has 0 aliphatic rings. The average molecular weight is 138 g/mol. The summed E-state index contributed by atoms with van der Waals surface area (Å²) in [7, 11) is -2.31. The Balaban J connectivity index is 3.83. The molecule has 0 saturated carbocycles. The first-order valence-corrected chi connectivity index (χ1v) is 3.95. The molecular formula is C3H7O4P. The van der Waals surface area contributed by atoms with Gasteiger partial charge >= 0.3 is 5.97 Å². The van der Waals surface area contributed by atoms with Crippen LogP contribution in [0, 0.1) is 0 Å². The number of rotatable bonds is 2. The second kappa shape index (κ2) is 2.84. The Labute approximate surface area is 46.9 Å². The van der Waals surface area contributed by atoms with Crippen molar-refractivity contribution in [2.45, 2.75) is 5.85 Å². The second-order valence-electron chi connectivity index (χ2n) is 1.35. The van der Waals surface area contributed by atoms with Crippen LogP contribution in [0.5, 0.6) is 0 Å². The van der Waals surface area contributed by atoms with Gasteiger partial charge in [-0.2, -0.15) is 0 Å². The lowest BCUT2D eigenvalue weighted by Crippen LogP contribution is -2.13. The van der Waals surface area contributed by atoms with E-state index in [0.29, 0.717) is 0 Å². The molecule has 5 heteroatoms. The number of aliphatic carboxylic acids is 1. The van der Waals surface area contributed by atoms with Crippen LogP contribution in [0.1, 0.15) is 0 Å². The number of hydrogen-bond acceptors (Lipinski definition) is 3. The van der Waals surface area contributed by atoms with E-state index in [4.69, 9.17) is 10.2 Å². The van der Waals surface area contributed by atoms with Gasteiger partial charge in [-0.1, -0.05) is 0 Å². The predicted molar refractivity (Wildman–Crippen MR) is 28.6 cm³/mol. The lowest BCUT2D eigenvalue weighted by Gasteiger charge is -1.96. The molecule has 0 aromatic carbocycles. The van der Waals surface area contributed by atoms with Crippen LogP contribution in [0.2, 0.25) is 0 Å². The lowest BCUT2D eigenvalue weighted by molar-refractivity contribution is -0.142. The van der Waals surface area contributed by atoms with Gasteiger partial charge in [0, 0.05) is 0 Å². The lowest BCUT2D eigenvalue weighted by atomic mass is 10.7. The highest BCUT2D eigenvalue weighted by atomic mass is 31.1. The second-order valence-corrected chi connectivity index (χ2v) is 3.12. The molecule has 48 valence electrons. The summed E-state index contributed by atoms with van der Waals surface area (Å²) in [5.74, 6) is -3.09. The van der Waals surface area contributed by atoms with E-state index in [2.05, 4.69) is 0 Å². The van der Waals surface area contributed by atoms with Crippen LogP contribution in [0.4, 0.5) is 0 Å². The van der Waals surface area contributed by atoms with Gasteiger partial charge < -0.3 is 14.8 Å². The molecule has 2 N–H and O–H groups in total. The average Bonchev–Trinajstić information content (AvgIpc) is 1.64. The van der Waals surface area contributed by atoms with Gasteiger partial charge in [0.05, 0.1) is 0 Å². The number of carbonyl (C=O) groups is 1. The Hall–Kier alpha value is -0.340. The van der Waals surface area contributed by atoms with Crippen molar-refractivity contribution in [2.75, 3.05) is 6.66 Å². The summed E-state index contributed by atoms with van der Waals surface area (Å²) < 4.78 is 10.1. The predicted octanol–water partition coefficient (Wildman–Crippen LogP) is -0.421. The zero-order valence-electron chi connectivity index (χ0n) is 4.29. The fourth-order valence-corrected chi connectivity index (χ4v) is 0.522. The van der Waals surface area contributed by atoms with Crippen LogP contribution in [0.15, 0.2) is 0 Å². The summed E-state index contributed by atoms with van der Waals surface area (Å²) in [4.78, 5) is 9.72. The molecule has 4 nitrogen and oxygen atoms in total. The zero-order valence-corrected chi connectivity index (χ0v) is 5.29. The molecule has 0 aliphatic heterocycles. The minimum Gasteiger partial charge on any atom is -0.479 e.